The quantitative estimate of drug-likeness (QED) is 0.437. The average Bonchev–Trinajstić information content (AvgIpc) is 2.74. The van der Waals surface area contributed by atoms with Crippen molar-refractivity contribution in [3.05, 3.63) is 64.2 Å². The van der Waals surface area contributed by atoms with E-state index >= 15 is 0 Å². The minimum Gasteiger partial charge on any atom is -0.497 e. The number of rotatable bonds is 6. The normalized spacial score (nSPS) is 17.3. The van der Waals surface area contributed by atoms with Crippen molar-refractivity contribution in [1.82, 2.24) is 5.43 Å². The number of aliphatic imine (C=N–C) groups is 3. The fraction of sp³-hybridized carbons (Fsp3) is 0.238. The molecule has 0 bridgehead atoms. The first-order valence-corrected chi connectivity index (χ1v) is 9.44. The van der Waals surface area contributed by atoms with Crippen LogP contribution in [0.2, 0.25) is 0 Å². The number of amidine groups is 1. The van der Waals surface area contributed by atoms with Crippen molar-refractivity contribution in [2.45, 2.75) is 13.0 Å². The SMILES string of the molecule is COc1ccc(N=C2N=C(NN=Cc3ccc(N(C)C)cc3)N=C(C)[C@@H]2[N+](=O)[O-])cc1. The summed E-state index contributed by atoms with van der Waals surface area (Å²) in [6.07, 6.45) is 1.62. The third kappa shape index (κ3) is 5.50. The summed E-state index contributed by atoms with van der Waals surface area (Å²) >= 11 is 0. The second-order valence-corrected chi connectivity index (χ2v) is 6.90. The van der Waals surface area contributed by atoms with E-state index in [2.05, 4.69) is 25.5 Å². The number of hydrazone groups is 1. The van der Waals surface area contributed by atoms with Crippen LogP contribution in [0.1, 0.15) is 12.5 Å². The maximum absolute atomic E-state index is 11.5. The van der Waals surface area contributed by atoms with Crippen LogP contribution in [0.5, 0.6) is 5.75 Å². The van der Waals surface area contributed by atoms with E-state index in [1.165, 1.54) is 0 Å². The molecule has 0 unspecified atom stereocenters. The van der Waals surface area contributed by atoms with Gasteiger partial charge in [0, 0.05) is 24.7 Å². The Balaban J connectivity index is 1.81. The minimum absolute atomic E-state index is 0.0238. The molecule has 10 nitrogen and oxygen atoms in total. The summed E-state index contributed by atoms with van der Waals surface area (Å²) in [6.45, 7) is 1.57. The minimum atomic E-state index is -1.23. The molecule has 1 N–H and O–H groups in total. The molecule has 0 fully saturated rings. The van der Waals surface area contributed by atoms with Gasteiger partial charge in [0.2, 0.25) is 11.8 Å². The zero-order valence-corrected chi connectivity index (χ0v) is 17.7. The van der Waals surface area contributed by atoms with Gasteiger partial charge in [0.1, 0.15) is 11.5 Å². The van der Waals surface area contributed by atoms with Crippen LogP contribution in [0.4, 0.5) is 11.4 Å². The van der Waals surface area contributed by atoms with Gasteiger partial charge in [0.25, 0.3) is 0 Å². The Bertz CT molecular complexity index is 1060. The maximum atomic E-state index is 11.5. The molecular formula is C21H23N7O3. The Hall–Kier alpha value is -4.08. The number of benzene rings is 2. The van der Waals surface area contributed by atoms with E-state index < -0.39 is 11.0 Å². The number of guanidine groups is 1. The van der Waals surface area contributed by atoms with E-state index in [0.717, 1.165) is 11.3 Å². The molecule has 0 aliphatic carbocycles. The zero-order valence-electron chi connectivity index (χ0n) is 17.7. The highest BCUT2D eigenvalue weighted by Crippen LogP contribution is 2.20. The second kappa shape index (κ2) is 9.61. The van der Waals surface area contributed by atoms with Gasteiger partial charge < -0.3 is 9.64 Å². The van der Waals surface area contributed by atoms with Gasteiger partial charge in [-0.2, -0.15) is 10.1 Å². The lowest BCUT2D eigenvalue weighted by Crippen LogP contribution is -2.40. The van der Waals surface area contributed by atoms with Crippen molar-refractivity contribution in [2.75, 3.05) is 26.1 Å². The van der Waals surface area contributed by atoms with Crippen LogP contribution in [0.15, 0.2) is 68.6 Å². The van der Waals surface area contributed by atoms with Gasteiger partial charge in [0.05, 0.1) is 19.0 Å². The van der Waals surface area contributed by atoms with E-state index in [1.54, 1.807) is 44.5 Å². The first kappa shape index (κ1) is 21.6. The second-order valence-electron chi connectivity index (χ2n) is 6.90. The number of ether oxygens (including phenoxy) is 1. The highest BCUT2D eigenvalue weighted by Gasteiger charge is 2.34. The Morgan fingerprint density at radius 2 is 1.81 bits per heavy atom. The van der Waals surface area contributed by atoms with Crippen LogP contribution >= 0.6 is 0 Å². The van der Waals surface area contributed by atoms with Gasteiger partial charge in [-0.15, -0.1) is 0 Å². The van der Waals surface area contributed by atoms with Gasteiger partial charge in [0.15, 0.2) is 0 Å². The summed E-state index contributed by atoms with van der Waals surface area (Å²) in [5.41, 5.74) is 5.47. The Labute approximate surface area is 179 Å². The molecule has 1 aliphatic heterocycles. The molecule has 10 heteroatoms. The van der Waals surface area contributed by atoms with Crippen molar-refractivity contribution in [3.63, 3.8) is 0 Å². The molecule has 0 radical (unpaired) electrons. The molecule has 0 aromatic heterocycles. The van der Waals surface area contributed by atoms with Crippen molar-refractivity contribution in [1.29, 1.82) is 0 Å². The molecule has 0 spiro atoms. The van der Waals surface area contributed by atoms with Crippen LogP contribution in [-0.2, 0) is 0 Å². The molecule has 0 saturated heterocycles. The van der Waals surface area contributed by atoms with E-state index in [4.69, 9.17) is 4.74 Å². The topological polar surface area (TPSA) is 117 Å². The fourth-order valence-electron chi connectivity index (χ4n) is 2.80. The van der Waals surface area contributed by atoms with E-state index in [0.29, 0.717) is 11.4 Å². The van der Waals surface area contributed by atoms with Crippen LogP contribution in [0.3, 0.4) is 0 Å². The molecule has 160 valence electrons. The number of hydrogen-bond acceptors (Lipinski definition) is 8. The molecule has 1 aliphatic rings. The molecule has 0 amide bonds. The number of nitrogens with zero attached hydrogens (tertiary/aromatic N) is 6. The molecule has 3 rings (SSSR count). The Morgan fingerprint density at radius 3 is 2.39 bits per heavy atom. The maximum Gasteiger partial charge on any atom is 0.309 e. The number of nitro groups is 1. The van der Waals surface area contributed by atoms with Gasteiger partial charge in [-0.25, -0.2) is 15.4 Å². The summed E-state index contributed by atoms with van der Waals surface area (Å²) < 4.78 is 5.12. The lowest BCUT2D eigenvalue weighted by atomic mass is 10.1. The Morgan fingerprint density at radius 1 is 1.13 bits per heavy atom. The standard InChI is InChI=1S/C21H23N7O3/c1-14-19(28(29)30)20(24-16-7-11-18(31-4)12-8-16)25-21(23-14)26-22-13-15-5-9-17(10-6-15)27(2)3/h5-13,19H,1-4H3,(H,24,25,26)/t19-/m0/s1. The van der Waals surface area contributed by atoms with Crippen LogP contribution < -0.4 is 15.1 Å². The van der Waals surface area contributed by atoms with E-state index in [-0.39, 0.29) is 17.5 Å². The monoisotopic (exact) mass is 421 g/mol. The predicted octanol–water partition coefficient (Wildman–Crippen LogP) is 2.89. The molecule has 2 aromatic rings. The lowest BCUT2D eigenvalue weighted by Gasteiger charge is -2.15. The first-order chi connectivity index (χ1) is 14.9. The summed E-state index contributed by atoms with van der Waals surface area (Å²) in [6, 6.07) is 13.4. The summed E-state index contributed by atoms with van der Waals surface area (Å²) in [7, 11) is 5.49. The summed E-state index contributed by atoms with van der Waals surface area (Å²) in [4.78, 5) is 25.8. The zero-order chi connectivity index (χ0) is 22.4. The smallest absolute Gasteiger partial charge is 0.309 e. The Kier molecular flexibility index (Phi) is 6.71. The van der Waals surface area contributed by atoms with Gasteiger partial charge in [-0.1, -0.05) is 12.1 Å². The molecule has 0 saturated carbocycles. The average molecular weight is 421 g/mol. The van der Waals surface area contributed by atoms with Gasteiger partial charge in [-0.05, 0) is 48.9 Å². The van der Waals surface area contributed by atoms with Crippen molar-refractivity contribution in [3.8, 4) is 5.75 Å². The third-order valence-electron chi connectivity index (χ3n) is 4.46. The number of methoxy groups -OCH3 is 1. The van der Waals surface area contributed by atoms with E-state index in [9.17, 15) is 10.1 Å². The van der Waals surface area contributed by atoms with Crippen molar-refractivity contribution in [2.24, 2.45) is 20.1 Å². The molecule has 2 aromatic carbocycles. The highest BCUT2D eigenvalue weighted by atomic mass is 16.6. The molecule has 1 atom stereocenters. The van der Waals surface area contributed by atoms with Crippen molar-refractivity contribution >= 4 is 35.1 Å². The van der Waals surface area contributed by atoms with Crippen LogP contribution in [0, 0.1) is 10.1 Å². The van der Waals surface area contributed by atoms with E-state index in [1.807, 2.05) is 43.3 Å². The van der Waals surface area contributed by atoms with Crippen molar-refractivity contribution < 1.29 is 9.66 Å². The molecular weight excluding hydrogens is 398 g/mol. The number of nitrogens with one attached hydrogen (secondary N) is 1. The van der Waals surface area contributed by atoms with Crippen LogP contribution in [-0.4, -0.2) is 55.9 Å². The van der Waals surface area contributed by atoms with Gasteiger partial charge in [-0.3, -0.25) is 10.1 Å². The summed E-state index contributed by atoms with van der Waals surface area (Å²) in [5, 5.41) is 15.7. The fourth-order valence-corrected chi connectivity index (χ4v) is 2.80. The first-order valence-electron chi connectivity index (χ1n) is 9.44. The molecule has 1 heterocycles. The van der Waals surface area contributed by atoms with Crippen LogP contribution in [0.25, 0.3) is 0 Å². The number of anilines is 1. The number of hydrogen-bond donors (Lipinski definition) is 1. The molecule has 31 heavy (non-hydrogen) atoms. The third-order valence-corrected chi connectivity index (χ3v) is 4.46. The highest BCUT2D eigenvalue weighted by molar-refractivity contribution is 6.18. The lowest BCUT2D eigenvalue weighted by molar-refractivity contribution is -0.484. The summed E-state index contributed by atoms with van der Waals surface area (Å²) in [5.74, 6) is 0.815. The van der Waals surface area contributed by atoms with Gasteiger partial charge >= 0.3 is 6.04 Å². The predicted molar refractivity (Wildman–Crippen MR) is 123 cm³/mol. The largest absolute Gasteiger partial charge is 0.497 e.